The molecule has 2 rings (SSSR count). The lowest BCUT2D eigenvalue weighted by Gasteiger charge is -2.55. The number of amides is 1. The molecule has 32 heavy (non-hydrogen) atoms. The van der Waals surface area contributed by atoms with Gasteiger partial charge in [-0.05, 0) is 58.9 Å². The highest BCUT2D eigenvalue weighted by atomic mass is 16.6. The van der Waals surface area contributed by atoms with E-state index in [2.05, 4.69) is 11.9 Å². The number of nitrogens with one attached hydrogen (secondary N) is 1. The van der Waals surface area contributed by atoms with E-state index in [0.717, 1.165) is 24.1 Å². The third-order valence-electron chi connectivity index (χ3n) is 5.91. The van der Waals surface area contributed by atoms with Crippen LogP contribution in [-0.2, 0) is 16.7 Å². The molecule has 0 saturated carbocycles. The SMILES string of the molecule is BC1(B)Cc2ncc(/C(C(C)=N)=C(\C)O)cc2C(CO)(CCCC)N1C(=O)OC(C)(C)C. The smallest absolute Gasteiger partial charge is 0.410 e. The number of unbranched alkanes of at least 4 members (excludes halogenated alkanes) is 1. The van der Waals surface area contributed by atoms with Gasteiger partial charge in [-0.25, -0.2) is 4.79 Å². The van der Waals surface area contributed by atoms with Crippen molar-refractivity contribution < 1.29 is 19.7 Å². The first-order valence-electron chi connectivity index (χ1n) is 11.3. The van der Waals surface area contributed by atoms with Crippen LogP contribution in [0.15, 0.2) is 18.0 Å². The zero-order chi connectivity index (χ0) is 24.5. The molecule has 9 heteroatoms. The van der Waals surface area contributed by atoms with E-state index in [1.165, 1.54) is 0 Å². The number of carbonyl (C=O) groups is 1. The maximum atomic E-state index is 13.5. The van der Waals surface area contributed by atoms with Crippen molar-refractivity contribution in [3.8, 4) is 0 Å². The van der Waals surface area contributed by atoms with Crippen LogP contribution >= 0.6 is 0 Å². The maximum absolute atomic E-state index is 13.5. The average Bonchev–Trinajstić information content (AvgIpc) is 2.63. The van der Waals surface area contributed by atoms with Gasteiger partial charge in [0.15, 0.2) is 0 Å². The molecule has 1 aliphatic rings. The van der Waals surface area contributed by atoms with Crippen LogP contribution in [0.25, 0.3) is 5.57 Å². The Morgan fingerprint density at radius 3 is 2.44 bits per heavy atom. The van der Waals surface area contributed by atoms with E-state index in [1.807, 2.05) is 42.5 Å². The van der Waals surface area contributed by atoms with Gasteiger partial charge in [-0.1, -0.05) is 19.8 Å². The summed E-state index contributed by atoms with van der Waals surface area (Å²) in [5, 5.41) is 28.5. The summed E-state index contributed by atoms with van der Waals surface area (Å²) >= 11 is 0. The van der Waals surface area contributed by atoms with Gasteiger partial charge in [-0.15, -0.1) is 0 Å². The normalized spacial score (nSPS) is 20.9. The van der Waals surface area contributed by atoms with Crippen LogP contribution in [0.3, 0.4) is 0 Å². The summed E-state index contributed by atoms with van der Waals surface area (Å²) in [4.78, 5) is 19.9. The molecular formula is C23H37B2N3O4. The van der Waals surface area contributed by atoms with Crippen molar-refractivity contribution in [3.05, 3.63) is 34.8 Å². The zero-order valence-electron chi connectivity index (χ0n) is 20.8. The Balaban J connectivity index is 2.81. The Morgan fingerprint density at radius 2 is 1.97 bits per heavy atom. The molecule has 0 saturated heterocycles. The van der Waals surface area contributed by atoms with E-state index in [4.69, 9.17) is 10.1 Å². The van der Waals surface area contributed by atoms with Crippen LogP contribution in [0.1, 0.15) is 77.6 Å². The number of nitrogens with zero attached hydrogens (tertiary/aromatic N) is 2. The van der Waals surface area contributed by atoms with Gasteiger partial charge >= 0.3 is 6.09 Å². The highest BCUT2D eigenvalue weighted by Crippen LogP contribution is 2.45. The monoisotopic (exact) mass is 441 g/mol. The minimum absolute atomic E-state index is 0.0301. The molecule has 1 aliphatic heterocycles. The fraction of sp³-hybridized carbons (Fsp3) is 0.609. The van der Waals surface area contributed by atoms with Gasteiger partial charge < -0.3 is 25.3 Å². The van der Waals surface area contributed by atoms with Gasteiger partial charge in [-0.3, -0.25) is 4.98 Å². The number of rotatable bonds is 6. The highest BCUT2D eigenvalue weighted by Gasteiger charge is 2.53. The van der Waals surface area contributed by atoms with Crippen LogP contribution in [0.2, 0.25) is 0 Å². The first kappa shape index (κ1) is 26.0. The Hall–Kier alpha value is -2.28. The number of aliphatic hydroxyl groups excluding tert-OH is 2. The topological polar surface area (TPSA) is 107 Å². The Bertz CT molecular complexity index is 920. The minimum Gasteiger partial charge on any atom is -0.512 e. The molecule has 0 fully saturated rings. The lowest BCUT2D eigenvalue weighted by molar-refractivity contribution is -0.0438. The van der Waals surface area contributed by atoms with Gasteiger partial charge in [0.25, 0.3) is 0 Å². The molecule has 7 nitrogen and oxygen atoms in total. The van der Waals surface area contributed by atoms with Gasteiger partial charge in [0.2, 0.25) is 0 Å². The molecule has 1 aromatic rings. The molecule has 0 bridgehead atoms. The Kier molecular flexibility index (Phi) is 7.55. The molecular weight excluding hydrogens is 404 g/mol. The van der Waals surface area contributed by atoms with E-state index in [-0.39, 0.29) is 18.1 Å². The molecule has 1 atom stereocenters. The summed E-state index contributed by atoms with van der Waals surface area (Å²) in [7, 11) is 3.94. The summed E-state index contributed by atoms with van der Waals surface area (Å²) in [5.41, 5.74) is 1.06. The van der Waals surface area contributed by atoms with Crippen molar-refractivity contribution in [2.45, 2.75) is 83.7 Å². The first-order chi connectivity index (χ1) is 14.7. The molecule has 2 heterocycles. The third kappa shape index (κ3) is 5.03. The standard InChI is InChI=1S/C23H37B2N3O4/c1-7-8-9-22(13-29)17-10-16(19(14(2)26)15(3)30)12-27-18(17)11-23(24,25)28(22)20(31)32-21(4,5)6/h10,12,26,29-30H,7-9,11,13,24-25H2,1-6H3/b19-15+,26-14?. The maximum Gasteiger partial charge on any atom is 0.410 e. The summed E-state index contributed by atoms with van der Waals surface area (Å²) in [5.74, 6) is 0.0301. The van der Waals surface area contributed by atoms with Crippen LogP contribution in [0.4, 0.5) is 4.79 Å². The predicted molar refractivity (Wildman–Crippen MR) is 133 cm³/mol. The van der Waals surface area contributed by atoms with Crippen molar-refractivity contribution in [3.63, 3.8) is 0 Å². The number of hydrogen-bond acceptors (Lipinski definition) is 6. The lowest BCUT2D eigenvalue weighted by atomic mass is 9.53. The van der Waals surface area contributed by atoms with Crippen LogP contribution in [-0.4, -0.2) is 65.1 Å². The first-order valence-corrected chi connectivity index (χ1v) is 11.3. The fourth-order valence-corrected chi connectivity index (χ4v) is 4.74. The molecule has 174 valence electrons. The summed E-state index contributed by atoms with van der Waals surface area (Å²) in [6.07, 6.45) is 3.92. The number of aliphatic hydroxyl groups is 2. The van der Waals surface area contributed by atoms with Crippen LogP contribution in [0, 0.1) is 5.41 Å². The number of hydrogen-bond donors (Lipinski definition) is 3. The fourth-order valence-electron chi connectivity index (χ4n) is 4.74. The number of pyridine rings is 1. The van der Waals surface area contributed by atoms with Crippen molar-refractivity contribution in [1.29, 1.82) is 5.41 Å². The number of allylic oxidation sites excluding steroid dienone is 2. The predicted octanol–water partition coefficient (Wildman–Crippen LogP) is 2.50. The summed E-state index contributed by atoms with van der Waals surface area (Å²) in [6, 6.07) is 1.87. The summed E-state index contributed by atoms with van der Waals surface area (Å²) in [6.45, 7) is 10.4. The molecule has 0 radical (unpaired) electrons. The van der Waals surface area contributed by atoms with E-state index in [0.29, 0.717) is 24.0 Å². The van der Waals surface area contributed by atoms with Gasteiger partial charge in [0.05, 0.1) is 17.9 Å². The Morgan fingerprint density at radius 1 is 1.34 bits per heavy atom. The average molecular weight is 441 g/mol. The van der Waals surface area contributed by atoms with E-state index >= 15 is 0 Å². The second-order valence-electron chi connectivity index (χ2n) is 10.4. The minimum atomic E-state index is -1.02. The molecule has 0 aliphatic carbocycles. The molecule has 0 spiro atoms. The lowest BCUT2D eigenvalue weighted by Crippen LogP contribution is -2.68. The Labute approximate surface area is 193 Å². The van der Waals surface area contributed by atoms with Gasteiger partial charge in [0, 0.05) is 34.3 Å². The number of carbonyl (C=O) groups excluding carboxylic acids is 1. The zero-order valence-corrected chi connectivity index (χ0v) is 20.8. The number of ether oxygens (including phenoxy) is 1. The van der Waals surface area contributed by atoms with E-state index in [9.17, 15) is 15.0 Å². The largest absolute Gasteiger partial charge is 0.512 e. The van der Waals surface area contributed by atoms with E-state index < -0.39 is 22.6 Å². The second kappa shape index (κ2) is 9.30. The van der Waals surface area contributed by atoms with Crippen molar-refractivity contribution >= 4 is 33.1 Å². The molecule has 3 N–H and O–H groups in total. The molecule has 1 amide bonds. The molecule has 0 aromatic carbocycles. The molecule has 1 unspecified atom stereocenters. The quantitative estimate of drug-likeness (QED) is 0.358. The van der Waals surface area contributed by atoms with Crippen LogP contribution < -0.4 is 0 Å². The van der Waals surface area contributed by atoms with Crippen molar-refractivity contribution in [1.82, 2.24) is 9.88 Å². The van der Waals surface area contributed by atoms with Gasteiger partial charge in [0.1, 0.15) is 21.3 Å². The molecule has 1 aromatic heterocycles. The van der Waals surface area contributed by atoms with Crippen LogP contribution in [0.5, 0.6) is 0 Å². The van der Waals surface area contributed by atoms with Crippen molar-refractivity contribution in [2.75, 3.05) is 6.61 Å². The second-order valence-corrected chi connectivity index (χ2v) is 10.4. The summed E-state index contributed by atoms with van der Waals surface area (Å²) < 4.78 is 5.79. The van der Waals surface area contributed by atoms with E-state index in [1.54, 1.807) is 24.9 Å². The highest BCUT2D eigenvalue weighted by molar-refractivity contribution is 6.41. The van der Waals surface area contributed by atoms with Gasteiger partial charge in [-0.2, -0.15) is 0 Å². The third-order valence-corrected chi connectivity index (χ3v) is 5.91. The van der Waals surface area contributed by atoms with Crippen molar-refractivity contribution in [2.24, 2.45) is 0 Å². The number of aromatic nitrogens is 1. The number of fused-ring (bicyclic) bond motifs is 1.